The molecule has 1 aliphatic heterocycles. The second kappa shape index (κ2) is 5.16. The molecule has 1 aromatic heterocycles. The molecule has 3 N–H and O–H groups in total. The largest absolute Gasteiger partial charge is 0.493 e. The van der Waals surface area contributed by atoms with Gasteiger partial charge in [-0.25, -0.2) is 9.97 Å². The van der Waals surface area contributed by atoms with Gasteiger partial charge in [-0.15, -0.1) is 0 Å². The molecular weight excluding hydrogens is 256 g/mol. The van der Waals surface area contributed by atoms with E-state index in [1.165, 1.54) is 6.33 Å². The van der Waals surface area contributed by atoms with E-state index in [0.717, 1.165) is 17.7 Å². The predicted octanol–water partition coefficient (Wildman–Crippen LogP) is 0.924. The Morgan fingerprint density at radius 3 is 3.20 bits per heavy atom. The van der Waals surface area contributed by atoms with Gasteiger partial charge in [0, 0.05) is 30.3 Å². The van der Waals surface area contributed by atoms with E-state index < -0.39 is 0 Å². The van der Waals surface area contributed by atoms with Gasteiger partial charge in [-0.3, -0.25) is 4.79 Å². The first-order chi connectivity index (χ1) is 9.74. The van der Waals surface area contributed by atoms with E-state index in [1.807, 2.05) is 12.1 Å². The molecule has 6 heteroatoms. The summed E-state index contributed by atoms with van der Waals surface area (Å²) in [5.74, 6) is 1.09. The number of fused-ring (bicyclic) bond motifs is 1. The summed E-state index contributed by atoms with van der Waals surface area (Å²) in [4.78, 5) is 19.9. The lowest BCUT2D eigenvalue weighted by Gasteiger charge is -2.07. The molecule has 2 heterocycles. The van der Waals surface area contributed by atoms with Crippen molar-refractivity contribution in [2.45, 2.75) is 13.0 Å². The number of rotatable bonds is 3. The van der Waals surface area contributed by atoms with Gasteiger partial charge < -0.3 is 15.8 Å². The molecule has 20 heavy (non-hydrogen) atoms. The molecule has 0 fully saturated rings. The highest BCUT2D eigenvalue weighted by Crippen LogP contribution is 2.25. The Balaban J connectivity index is 1.69. The number of hydrogen-bond acceptors (Lipinski definition) is 5. The van der Waals surface area contributed by atoms with E-state index in [9.17, 15) is 4.79 Å². The second-order valence-corrected chi connectivity index (χ2v) is 4.54. The minimum atomic E-state index is -0.150. The highest BCUT2D eigenvalue weighted by molar-refractivity contribution is 5.94. The summed E-state index contributed by atoms with van der Waals surface area (Å²) in [6.07, 6.45) is 3.82. The molecular formula is C14H14N4O2. The number of ether oxygens (including phenoxy) is 1. The lowest BCUT2D eigenvalue weighted by atomic mass is 10.1. The van der Waals surface area contributed by atoms with Gasteiger partial charge in [0.25, 0.3) is 5.91 Å². The lowest BCUT2D eigenvalue weighted by Crippen LogP contribution is -2.23. The number of aromatic nitrogens is 2. The third-order valence-electron chi connectivity index (χ3n) is 3.21. The highest BCUT2D eigenvalue weighted by atomic mass is 16.5. The number of nitrogens with two attached hydrogens (primary N) is 1. The summed E-state index contributed by atoms with van der Waals surface area (Å²) in [5, 5.41) is 2.81. The minimum Gasteiger partial charge on any atom is -0.493 e. The Kier molecular flexibility index (Phi) is 3.20. The van der Waals surface area contributed by atoms with Gasteiger partial charge in [0.15, 0.2) is 0 Å². The molecule has 0 spiro atoms. The van der Waals surface area contributed by atoms with Gasteiger partial charge in [0.2, 0.25) is 0 Å². The number of hydrogen-bond donors (Lipinski definition) is 2. The van der Waals surface area contributed by atoms with Gasteiger partial charge in [-0.1, -0.05) is 0 Å². The monoisotopic (exact) mass is 270 g/mol. The molecule has 1 amide bonds. The molecule has 6 nitrogen and oxygen atoms in total. The van der Waals surface area contributed by atoms with Crippen LogP contribution in [0.15, 0.2) is 30.7 Å². The quantitative estimate of drug-likeness (QED) is 0.865. The predicted molar refractivity (Wildman–Crippen MR) is 73.3 cm³/mol. The van der Waals surface area contributed by atoms with E-state index in [-0.39, 0.29) is 5.91 Å². The van der Waals surface area contributed by atoms with Crippen LogP contribution in [0.4, 0.5) is 5.82 Å². The zero-order chi connectivity index (χ0) is 13.9. The van der Waals surface area contributed by atoms with Gasteiger partial charge in [-0.2, -0.15) is 0 Å². The van der Waals surface area contributed by atoms with Crippen molar-refractivity contribution in [2.75, 3.05) is 12.3 Å². The summed E-state index contributed by atoms with van der Waals surface area (Å²) >= 11 is 0. The summed E-state index contributed by atoms with van der Waals surface area (Å²) < 4.78 is 5.41. The van der Waals surface area contributed by atoms with Crippen molar-refractivity contribution in [2.24, 2.45) is 0 Å². The van der Waals surface area contributed by atoms with Gasteiger partial charge in [-0.05, 0) is 23.8 Å². The van der Waals surface area contributed by atoms with Crippen LogP contribution in [0.5, 0.6) is 5.75 Å². The number of anilines is 1. The average molecular weight is 270 g/mol. The van der Waals surface area contributed by atoms with Crippen LogP contribution < -0.4 is 15.8 Å². The SMILES string of the molecule is Nc1ncncc1CNC(=O)c1ccc2c(c1)CCO2. The van der Waals surface area contributed by atoms with E-state index in [2.05, 4.69) is 15.3 Å². The lowest BCUT2D eigenvalue weighted by molar-refractivity contribution is 0.0951. The smallest absolute Gasteiger partial charge is 0.251 e. The van der Waals surface area contributed by atoms with E-state index in [0.29, 0.717) is 30.1 Å². The van der Waals surface area contributed by atoms with Crippen molar-refractivity contribution in [1.29, 1.82) is 0 Å². The summed E-state index contributed by atoms with van der Waals surface area (Å²) in [6.45, 7) is 0.984. The number of carbonyl (C=O) groups excluding carboxylic acids is 1. The van der Waals surface area contributed by atoms with Crippen LogP contribution in [0.1, 0.15) is 21.5 Å². The van der Waals surface area contributed by atoms with E-state index in [4.69, 9.17) is 10.5 Å². The maximum atomic E-state index is 12.1. The molecule has 1 aliphatic rings. The number of nitrogens with one attached hydrogen (secondary N) is 1. The normalized spacial score (nSPS) is 12.6. The zero-order valence-corrected chi connectivity index (χ0v) is 10.8. The van der Waals surface area contributed by atoms with Crippen molar-refractivity contribution in [3.63, 3.8) is 0 Å². The molecule has 1 aromatic carbocycles. The third kappa shape index (κ3) is 2.40. The van der Waals surface area contributed by atoms with Crippen LogP contribution in [0.2, 0.25) is 0 Å². The molecule has 0 unspecified atom stereocenters. The van der Waals surface area contributed by atoms with Gasteiger partial charge >= 0.3 is 0 Å². The van der Waals surface area contributed by atoms with Crippen LogP contribution in [-0.2, 0) is 13.0 Å². The van der Waals surface area contributed by atoms with Crippen LogP contribution in [0.25, 0.3) is 0 Å². The Morgan fingerprint density at radius 2 is 2.35 bits per heavy atom. The summed E-state index contributed by atoms with van der Waals surface area (Å²) in [6, 6.07) is 5.45. The molecule has 3 rings (SSSR count). The summed E-state index contributed by atoms with van der Waals surface area (Å²) in [5.41, 5.74) is 8.08. The van der Waals surface area contributed by atoms with E-state index in [1.54, 1.807) is 12.3 Å². The first-order valence-electron chi connectivity index (χ1n) is 6.32. The van der Waals surface area contributed by atoms with Gasteiger partial charge in [0.1, 0.15) is 17.9 Å². The Hall–Kier alpha value is -2.63. The molecule has 102 valence electrons. The van der Waals surface area contributed by atoms with E-state index >= 15 is 0 Å². The highest BCUT2D eigenvalue weighted by Gasteiger charge is 2.15. The molecule has 0 aliphatic carbocycles. The number of nitrogens with zero attached hydrogens (tertiary/aromatic N) is 2. The summed E-state index contributed by atoms with van der Waals surface area (Å²) in [7, 11) is 0. The topological polar surface area (TPSA) is 90.1 Å². The fourth-order valence-corrected chi connectivity index (χ4v) is 2.11. The molecule has 2 aromatic rings. The van der Waals surface area contributed by atoms with Crippen molar-refractivity contribution in [1.82, 2.24) is 15.3 Å². The maximum Gasteiger partial charge on any atom is 0.251 e. The molecule has 0 saturated carbocycles. The van der Waals surface area contributed by atoms with Crippen LogP contribution in [0.3, 0.4) is 0 Å². The van der Waals surface area contributed by atoms with Crippen molar-refractivity contribution in [3.05, 3.63) is 47.4 Å². The maximum absolute atomic E-state index is 12.1. The standard InChI is InChI=1S/C14H14N4O2/c15-13-11(6-16-8-18-13)7-17-14(19)10-1-2-12-9(5-10)3-4-20-12/h1-2,5-6,8H,3-4,7H2,(H,17,19)(H2,15,16,18). The second-order valence-electron chi connectivity index (χ2n) is 4.54. The van der Waals surface area contributed by atoms with Crippen LogP contribution in [0, 0.1) is 0 Å². The number of carbonyl (C=O) groups is 1. The Bertz CT molecular complexity index is 657. The third-order valence-corrected chi connectivity index (χ3v) is 3.21. The number of nitrogen functional groups attached to an aromatic ring is 1. The van der Waals surface area contributed by atoms with Crippen LogP contribution >= 0.6 is 0 Å². The first kappa shape index (κ1) is 12.4. The number of amides is 1. The van der Waals surface area contributed by atoms with Crippen LogP contribution in [-0.4, -0.2) is 22.5 Å². The Morgan fingerprint density at radius 1 is 1.45 bits per heavy atom. The Labute approximate surface area is 116 Å². The zero-order valence-electron chi connectivity index (χ0n) is 10.8. The fourth-order valence-electron chi connectivity index (χ4n) is 2.11. The molecule has 0 saturated heterocycles. The minimum absolute atomic E-state index is 0.150. The molecule has 0 radical (unpaired) electrons. The fraction of sp³-hybridized carbons (Fsp3) is 0.214. The van der Waals surface area contributed by atoms with Gasteiger partial charge in [0.05, 0.1) is 6.61 Å². The van der Waals surface area contributed by atoms with Crippen molar-refractivity contribution in [3.8, 4) is 5.75 Å². The first-order valence-corrected chi connectivity index (χ1v) is 6.32. The van der Waals surface area contributed by atoms with Crippen molar-refractivity contribution >= 4 is 11.7 Å². The average Bonchev–Trinajstić information content (AvgIpc) is 2.93. The van der Waals surface area contributed by atoms with Crippen molar-refractivity contribution < 1.29 is 9.53 Å². The molecule has 0 atom stereocenters. The molecule has 0 bridgehead atoms. The number of benzene rings is 1.